The van der Waals surface area contributed by atoms with E-state index in [4.69, 9.17) is 9.72 Å². The van der Waals surface area contributed by atoms with Crippen LogP contribution in [0.25, 0.3) is 23.0 Å². The van der Waals surface area contributed by atoms with Crippen LogP contribution in [-0.2, 0) is 4.74 Å². The maximum absolute atomic E-state index is 5.43. The van der Waals surface area contributed by atoms with Gasteiger partial charge in [0.25, 0.3) is 0 Å². The van der Waals surface area contributed by atoms with Gasteiger partial charge in [-0.05, 0) is 49.5 Å². The number of benzene rings is 2. The van der Waals surface area contributed by atoms with E-state index in [1.54, 1.807) is 16.9 Å². The molecule has 1 saturated heterocycles. The van der Waals surface area contributed by atoms with E-state index < -0.39 is 0 Å². The lowest BCUT2D eigenvalue weighted by molar-refractivity contribution is 0.122. The minimum Gasteiger partial charge on any atom is -0.378 e. The van der Waals surface area contributed by atoms with Gasteiger partial charge in [0.05, 0.1) is 18.9 Å². The lowest BCUT2D eigenvalue weighted by atomic mass is 10.1. The summed E-state index contributed by atoms with van der Waals surface area (Å²) in [7, 11) is 0. The van der Waals surface area contributed by atoms with Gasteiger partial charge in [-0.2, -0.15) is 4.98 Å². The molecular weight excluding hydrogens is 414 g/mol. The van der Waals surface area contributed by atoms with Crippen LogP contribution in [0.1, 0.15) is 12.5 Å². The van der Waals surface area contributed by atoms with E-state index in [2.05, 4.69) is 44.1 Å². The largest absolute Gasteiger partial charge is 0.378 e. The van der Waals surface area contributed by atoms with Crippen molar-refractivity contribution >= 4 is 41.5 Å². The molecule has 1 aliphatic heterocycles. The zero-order valence-corrected chi connectivity index (χ0v) is 18.5. The molecule has 0 radical (unpaired) electrons. The molecule has 0 saturated carbocycles. The van der Waals surface area contributed by atoms with Gasteiger partial charge < -0.3 is 15.0 Å². The lowest BCUT2D eigenvalue weighted by Gasteiger charge is -2.28. The van der Waals surface area contributed by atoms with Gasteiger partial charge in [0, 0.05) is 42.4 Å². The van der Waals surface area contributed by atoms with Crippen molar-refractivity contribution in [2.75, 3.05) is 36.5 Å². The molecule has 0 amide bonds. The van der Waals surface area contributed by atoms with E-state index in [0.717, 1.165) is 54.5 Å². The number of aliphatic imine (C=N–C) groups is 1. The average Bonchev–Trinajstić information content (AvgIpc) is 3.28. The summed E-state index contributed by atoms with van der Waals surface area (Å²) in [5.74, 6) is 0.510. The van der Waals surface area contributed by atoms with Gasteiger partial charge in [-0.3, -0.25) is 9.98 Å². The number of allylic oxidation sites excluding steroid dienone is 1. The number of rotatable bonds is 6. The molecule has 3 heterocycles. The first kappa shape index (κ1) is 20.8. The summed E-state index contributed by atoms with van der Waals surface area (Å²) >= 11 is 0. The highest BCUT2D eigenvalue weighted by atomic mass is 16.5. The van der Waals surface area contributed by atoms with E-state index in [-0.39, 0.29) is 0 Å². The Bertz CT molecular complexity index is 1300. The van der Waals surface area contributed by atoms with Crippen molar-refractivity contribution in [2.24, 2.45) is 4.99 Å². The fraction of sp³-hybridized carbons (Fsp3) is 0.200. The SMILES string of the molecule is C=Nc1cc(-c2nccn3nc(Nc4ccc(N5CCOCC5)cc4)nc23)ccc1C=CC. The second-order valence-electron chi connectivity index (χ2n) is 7.68. The van der Waals surface area contributed by atoms with Crippen LogP contribution in [0.15, 0.2) is 65.9 Å². The Hall–Kier alpha value is -4.04. The van der Waals surface area contributed by atoms with Crippen LogP contribution in [0.2, 0.25) is 0 Å². The molecule has 8 nitrogen and oxygen atoms in total. The van der Waals surface area contributed by atoms with Gasteiger partial charge in [0.2, 0.25) is 5.95 Å². The molecule has 0 aliphatic carbocycles. The highest BCUT2D eigenvalue weighted by Gasteiger charge is 2.14. The number of ether oxygens (including phenoxy) is 1. The van der Waals surface area contributed by atoms with Gasteiger partial charge in [-0.25, -0.2) is 4.52 Å². The summed E-state index contributed by atoms with van der Waals surface area (Å²) in [6, 6.07) is 14.3. The molecule has 0 unspecified atom stereocenters. The Morgan fingerprint density at radius 1 is 1.12 bits per heavy atom. The van der Waals surface area contributed by atoms with E-state index in [9.17, 15) is 0 Å². The second-order valence-corrected chi connectivity index (χ2v) is 7.68. The van der Waals surface area contributed by atoms with E-state index in [0.29, 0.717) is 11.6 Å². The summed E-state index contributed by atoms with van der Waals surface area (Å²) in [5, 5.41) is 7.88. The van der Waals surface area contributed by atoms with Crippen molar-refractivity contribution in [3.05, 3.63) is 66.5 Å². The molecule has 4 aromatic rings. The Labute approximate surface area is 192 Å². The minimum absolute atomic E-state index is 0.510. The fourth-order valence-corrected chi connectivity index (χ4v) is 3.93. The van der Waals surface area contributed by atoms with E-state index in [1.807, 2.05) is 49.4 Å². The van der Waals surface area contributed by atoms with Gasteiger partial charge in [0.15, 0.2) is 5.65 Å². The topological polar surface area (TPSA) is 79.9 Å². The number of nitrogens with one attached hydrogen (secondary N) is 1. The molecule has 0 atom stereocenters. The number of fused-ring (bicyclic) bond motifs is 1. The highest BCUT2D eigenvalue weighted by Crippen LogP contribution is 2.30. The Morgan fingerprint density at radius 3 is 2.70 bits per heavy atom. The molecule has 2 aromatic heterocycles. The van der Waals surface area contributed by atoms with Crippen LogP contribution in [0.3, 0.4) is 0 Å². The minimum atomic E-state index is 0.510. The first-order valence-corrected chi connectivity index (χ1v) is 10.9. The molecule has 166 valence electrons. The van der Waals surface area contributed by atoms with E-state index >= 15 is 0 Å². The van der Waals surface area contributed by atoms with Crippen LogP contribution in [-0.4, -0.2) is 52.6 Å². The maximum atomic E-state index is 5.43. The molecule has 1 fully saturated rings. The molecule has 5 rings (SSSR count). The third-order valence-corrected chi connectivity index (χ3v) is 5.57. The molecule has 0 spiro atoms. The van der Waals surface area contributed by atoms with Crippen molar-refractivity contribution in [1.82, 2.24) is 19.6 Å². The molecule has 8 heteroatoms. The van der Waals surface area contributed by atoms with Crippen LogP contribution >= 0.6 is 0 Å². The quantitative estimate of drug-likeness (QED) is 0.437. The van der Waals surface area contributed by atoms with E-state index in [1.165, 1.54) is 5.69 Å². The molecule has 1 aliphatic rings. The molecule has 0 bridgehead atoms. The maximum Gasteiger partial charge on any atom is 0.247 e. The van der Waals surface area contributed by atoms with Crippen LogP contribution < -0.4 is 10.2 Å². The molecule has 1 N–H and O–H groups in total. The molecular formula is C25H25N7O. The lowest BCUT2D eigenvalue weighted by Crippen LogP contribution is -2.36. The number of morpholine rings is 1. The number of aromatic nitrogens is 4. The van der Waals surface area contributed by atoms with Crippen molar-refractivity contribution in [2.45, 2.75) is 6.92 Å². The Kier molecular flexibility index (Phi) is 5.82. The predicted molar refractivity (Wildman–Crippen MR) is 133 cm³/mol. The van der Waals surface area contributed by atoms with Crippen molar-refractivity contribution in [3.63, 3.8) is 0 Å². The standard InChI is InChI=1S/C25H25N7O/c1-3-4-18-5-6-19(17-22(18)26-2)23-24-29-25(30-32(24)12-11-27-23)28-20-7-9-21(10-8-20)31-13-15-33-16-14-31/h3-12,17H,2,13-16H2,1H3,(H,28,30). The monoisotopic (exact) mass is 439 g/mol. The Balaban J connectivity index is 1.42. The molecule has 2 aromatic carbocycles. The fourth-order valence-electron chi connectivity index (χ4n) is 3.93. The number of nitrogens with zero attached hydrogens (tertiary/aromatic N) is 6. The van der Waals surface area contributed by atoms with Crippen molar-refractivity contribution in [1.29, 1.82) is 0 Å². The first-order chi connectivity index (χ1) is 16.2. The summed E-state index contributed by atoms with van der Waals surface area (Å²) in [4.78, 5) is 15.8. The highest BCUT2D eigenvalue weighted by molar-refractivity contribution is 5.79. The summed E-state index contributed by atoms with van der Waals surface area (Å²) in [5.41, 5.74) is 6.22. The predicted octanol–water partition coefficient (Wildman–Crippen LogP) is 4.74. The Morgan fingerprint density at radius 2 is 1.94 bits per heavy atom. The third kappa shape index (κ3) is 4.33. The summed E-state index contributed by atoms with van der Waals surface area (Å²) in [6.07, 6.45) is 7.50. The second kappa shape index (κ2) is 9.22. The number of hydrogen-bond donors (Lipinski definition) is 1. The van der Waals surface area contributed by atoms with Crippen molar-refractivity contribution in [3.8, 4) is 11.3 Å². The molecule has 33 heavy (non-hydrogen) atoms. The van der Waals surface area contributed by atoms with Crippen LogP contribution in [0.5, 0.6) is 0 Å². The van der Waals surface area contributed by atoms with Gasteiger partial charge >= 0.3 is 0 Å². The first-order valence-electron chi connectivity index (χ1n) is 10.9. The third-order valence-electron chi connectivity index (χ3n) is 5.57. The average molecular weight is 440 g/mol. The van der Waals surface area contributed by atoms with Crippen LogP contribution in [0.4, 0.5) is 23.0 Å². The summed E-state index contributed by atoms with van der Waals surface area (Å²) in [6.45, 7) is 9.04. The summed E-state index contributed by atoms with van der Waals surface area (Å²) < 4.78 is 7.16. The van der Waals surface area contributed by atoms with Crippen molar-refractivity contribution < 1.29 is 4.74 Å². The number of anilines is 3. The zero-order valence-electron chi connectivity index (χ0n) is 18.5. The normalized spacial score (nSPS) is 14.2. The smallest absolute Gasteiger partial charge is 0.247 e. The van der Waals surface area contributed by atoms with Crippen LogP contribution in [0, 0.1) is 0 Å². The van der Waals surface area contributed by atoms with Gasteiger partial charge in [0.1, 0.15) is 5.69 Å². The van der Waals surface area contributed by atoms with Gasteiger partial charge in [-0.1, -0.05) is 24.3 Å². The van der Waals surface area contributed by atoms with Gasteiger partial charge in [-0.15, -0.1) is 5.10 Å². The zero-order chi connectivity index (χ0) is 22.6. The number of hydrogen-bond acceptors (Lipinski definition) is 7.